The second-order valence-corrected chi connectivity index (χ2v) is 6.82. The molecule has 2 heteroatoms. The molecule has 4 rings (SSSR count). The molecule has 2 nitrogen and oxygen atoms in total. The summed E-state index contributed by atoms with van der Waals surface area (Å²) < 4.78 is 0. The maximum Gasteiger partial charge on any atom is 0.0943 e. The van der Waals surface area contributed by atoms with Crippen molar-refractivity contribution in [3.8, 4) is 6.07 Å². The van der Waals surface area contributed by atoms with E-state index in [1.165, 1.54) is 17.5 Å². The highest BCUT2D eigenvalue weighted by Crippen LogP contribution is 2.60. The Morgan fingerprint density at radius 3 is 2.32 bits per heavy atom. The molecular weight excluding hydrogens is 234 g/mol. The zero-order valence-electron chi connectivity index (χ0n) is 11.1. The third kappa shape index (κ3) is 1.34. The van der Waals surface area contributed by atoms with Gasteiger partial charge in [-0.1, -0.05) is 24.3 Å². The first-order chi connectivity index (χ1) is 9.17. The molecule has 0 radical (unpaired) electrons. The lowest BCUT2D eigenvalue weighted by atomic mass is 9.63. The van der Waals surface area contributed by atoms with Gasteiger partial charge < -0.3 is 5.11 Å². The van der Waals surface area contributed by atoms with E-state index >= 15 is 0 Å². The van der Waals surface area contributed by atoms with Crippen LogP contribution in [0.5, 0.6) is 0 Å². The molecule has 2 bridgehead atoms. The first kappa shape index (κ1) is 11.5. The predicted molar refractivity (Wildman–Crippen MR) is 72.3 cm³/mol. The Balaban J connectivity index is 1.76. The van der Waals surface area contributed by atoms with Gasteiger partial charge in [0.25, 0.3) is 0 Å². The van der Waals surface area contributed by atoms with E-state index < -0.39 is 11.0 Å². The number of rotatable bonds is 1. The van der Waals surface area contributed by atoms with Crippen LogP contribution in [-0.4, -0.2) is 10.7 Å². The minimum absolute atomic E-state index is 0.353. The quantitative estimate of drug-likeness (QED) is 0.836. The Labute approximate surface area is 114 Å². The van der Waals surface area contributed by atoms with Gasteiger partial charge in [-0.15, -0.1) is 0 Å². The maximum atomic E-state index is 11.3. The van der Waals surface area contributed by atoms with Gasteiger partial charge in [0, 0.05) is 0 Å². The molecule has 1 aromatic carbocycles. The van der Waals surface area contributed by atoms with Crippen LogP contribution in [0.3, 0.4) is 0 Å². The lowest BCUT2D eigenvalue weighted by Gasteiger charge is -2.43. The number of hydrogen-bond acceptors (Lipinski definition) is 2. The highest BCUT2D eigenvalue weighted by atomic mass is 16.3. The second-order valence-electron chi connectivity index (χ2n) is 6.82. The Hall–Kier alpha value is -1.33. The van der Waals surface area contributed by atoms with Crippen molar-refractivity contribution in [2.75, 3.05) is 0 Å². The first-order valence-corrected chi connectivity index (χ1v) is 7.37. The molecule has 3 aliphatic carbocycles. The van der Waals surface area contributed by atoms with E-state index in [0.29, 0.717) is 11.8 Å². The zero-order chi connectivity index (χ0) is 13.1. The molecular formula is C17H19NO. The van der Waals surface area contributed by atoms with Crippen LogP contribution >= 0.6 is 0 Å². The molecule has 0 spiro atoms. The van der Waals surface area contributed by atoms with Gasteiger partial charge in [-0.25, -0.2) is 0 Å². The highest BCUT2D eigenvalue weighted by molar-refractivity contribution is 5.40. The van der Waals surface area contributed by atoms with Gasteiger partial charge in [0.1, 0.15) is 0 Å². The van der Waals surface area contributed by atoms with Crippen molar-refractivity contribution in [2.45, 2.75) is 44.1 Å². The van der Waals surface area contributed by atoms with Crippen LogP contribution in [-0.2, 0) is 12.8 Å². The maximum absolute atomic E-state index is 11.3. The Bertz CT molecular complexity index is 548. The molecule has 3 atom stereocenters. The summed E-state index contributed by atoms with van der Waals surface area (Å²) in [5.74, 6) is 1.01. The largest absolute Gasteiger partial charge is 0.388 e. The Kier molecular flexibility index (Phi) is 2.18. The van der Waals surface area contributed by atoms with Gasteiger partial charge in [0.2, 0.25) is 0 Å². The van der Waals surface area contributed by atoms with Crippen LogP contribution in [0.25, 0.3) is 0 Å². The van der Waals surface area contributed by atoms with E-state index in [1.807, 2.05) is 12.1 Å². The monoisotopic (exact) mass is 253 g/mol. The van der Waals surface area contributed by atoms with E-state index in [1.54, 1.807) is 0 Å². The van der Waals surface area contributed by atoms with E-state index in [0.717, 1.165) is 32.1 Å². The molecule has 0 heterocycles. The molecule has 3 unspecified atom stereocenters. The summed E-state index contributed by atoms with van der Waals surface area (Å²) in [7, 11) is 0. The molecule has 98 valence electrons. The molecule has 2 fully saturated rings. The average Bonchev–Trinajstić information content (AvgIpc) is 3.10. The van der Waals surface area contributed by atoms with Crippen molar-refractivity contribution in [1.82, 2.24) is 0 Å². The number of fused-ring (bicyclic) bond motifs is 3. The molecule has 3 aliphatic rings. The molecule has 0 saturated heterocycles. The van der Waals surface area contributed by atoms with Crippen LogP contribution in [0.1, 0.15) is 36.8 Å². The summed E-state index contributed by atoms with van der Waals surface area (Å²) in [6.07, 6.45) is 5.82. The van der Waals surface area contributed by atoms with Gasteiger partial charge in [-0.05, 0) is 61.5 Å². The zero-order valence-corrected chi connectivity index (χ0v) is 11.1. The third-order valence-electron chi connectivity index (χ3n) is 5.96. The van der Waals surface area contributed by atoms with Crippen molar-refractivity contribution in [2.24, 2.45) is 17.3 Å². The number of aliphatic hydroxyl groups is 1. The number of hydrogen-bond donors (Lipinski definition) is 1. The minimum atomic E-state index is -0.746. The topological polar surface area (TPSA) is 44.0 Å². The molecule has 19 heavy (non-hydrogen) atoms. The third-order valence-corrected chi connectivity index (χ3v) is 5.96. The Morgan fingerprint density at radius 1 is 1.16 bits per heavy atom. The van der Waals surface area contributed by atoms with E-state index in [4.69, 9.17) is 0 Å². The smallest absolute Gasteiger partial charge is 0.0943 e. The van der Waals surface area contributed by atoms with Crippen LogP contribution in [0.15, 0.2) is 24.3 Å². The van der Waals surface area contributed by atoms with Gasteiger partial charge in [0.05, 0.1) is 17.1 Å². The van der Waals surface area contributed by atoms with Gasteiger partial charge in [-0.3, -0.25) is 0 Å². The summed E-state index contributed by atoms with van der Waals surface area (Å²) in [6, 6.07) is 10.9. The lowest BCUT2D eigenvalue weighted by Crippen LogP contribution is -2.52. The van der Waals surface area contributed by atoms with Gasteiger partial charge in [-0.2, -0.15) is 5.26 Å². The van der Waals surface area contributed by atoms with Gasteiger partial charge >= 0.3 is 0 Å². The minimum Gasteiger partial charge on any atom is -0.388 e. The van der Waals surface area contributed by atoms with Crippen LogP contribution < -0.4 is 0 Å². The van der Waals surface area contributed by atoms with E-state index in [2.05, 4.69) is 18.2 Å². The summed E-state index contributed by atoms with van der Waals surface area (Å²) in [5, 5.41) is 21.1. The second kappa shape index (κ2) is 3.61. The standard InChI is InChI=1S/C17H19NO/c18-11-16(9-13-3-1-2-4-14(13)10-16)17(19)8-12-5-6-15(17)7-12/h1-4,12,15,19H,5-10H2. The summed E-state index contributed by atoms with van der Waals surface area (Å²) in [5.41, 5.74) is 1.21. The van der Waals surface area contributed by atoms with Crippen molar-refractivity contribution in [3.05, 3.63) is 35.4 Å². The molecule has 1 aromatic rings. The van der Waals surface area contributed by atoms with Gasteiger partial charge in [0.15, 0.2) is 0 Å². The molecule has 0 aromatic heterocycles. The predicted octanol–water partition coefficient (Wildman–Crippen LogP) is 2.85. The molecule has 2 saturated carbocycles. The van der Waals surface area contributed by atoms with Crippen molar-refractivity contribution in [1.29, 1.82) is 5.26 Å². The summed E-state index contributed by atoms with van der Waals surface area (Å²) >= 11 is 0. The fourth-order valence-corrected chi connectivity index (χ4v) is 4.98. The average molecular weight is 253 g/mol. The van der Waals surface area contributed by atoms with Crippen LogP contribution in [0.2, 0.25) is 0 Å². The molecule has 0 amide bonds. The fourth-order valence-electron chi connectivity index (χ4n) is 4.98. The van der Waals surface area contributed by atoms with Crippen molar-refractivity contribution < 1.29 is 5.11 Å². The van der Waals surface area contributed by atoms with Crippen molar-refractivity contribution in [3.63, 3.8) is 0 Å². The fraction of sp³-hybridized carbons (Fsp3) is 0.588. The normalized spacial score (nSPS) is 38.1. The SMILES string of the molecule is N#CC1(C2(O)CC3CCC2C3)Cc2ccccc2C1. The summed E-state index contributed by atoms with van der Waals surface area (Å²) in [6.45, 7) is 0. The first-order valence-electron chi connectivity index (χ1n) is 7.37. The van der Waals surface area contributed by atoms with Crippen LogP contribution in [0.4, 0.5) is 0 Å². The lowest BCUT2D eigenvalue weighted by molar-refractivity contribution is -0.0936. The molecule has 0 aliphatic heterocycles. The number of nitrogens with zero attached hydrogens (tertiary/aromatic N) is 1. The number of benzene rings is 1. The highest BCUT2D eigenvalue weighted by Gasteiger charge is 2.62. The summed E-state index contributed by atoms with van der Waals surface area (Å²) in [4.78, 5) is 0. The molecule has 1 N–H and O–H groups in total. The van der Waals surface area contributed by atoms with Crippen molar-refractivity contribution >= 4 is 0 Å². The van der Waals surface area contributed by atoms with E-state index in [-0.39, 0.29) is 0 Å². The van der Waals surface area contributed by atoms with Crippen LogP contribution in [0, 0.1) is 28.6 Å². The van der Waals surface area contributed by atoms with E-state index in [9.17, 15) is 10.4 Å². The Morgan fingerprint density at radius 2 is 1.84 bits per heavy atom. The number of nitriles is 1.